The number of rotatable bonds is 3. The van der Waals surface area contributed by atoms with Crippen LogP contribution < -0.4 is 16.8 Å². The molecule has 0 saturated heterocycles. The SMILES string of the molecule is NC(=O)c1cc(Cl)ccc1Nc1cc(N)ccc1Cl. The highest BCUT2D eigenvalue weighted by Gasteiger charge is 2.10. The quantitative estimate of drug-likeness (QED) is 0.759. The van der Waals surface area contributed by atoms with Gasteiger partial charge in [-0.15, -0.1) is 0 Å². The van der Waals surface area contributed by atoms with Crippen molar-refractivity contribution in [2.75, 3.05) is 11.1 Å². The van der Waals surface area contributed by atoms with Crippen molar-refractivity contribution in [2.24, 2.45) is 5.73 Å². The third-order valence-corrected chi connectivity index (χ3v) is 3.07. The predicted molar refractivity (Wildman–Crippen MR) is 79.1 cm³/mol. The summed E-state index contributed by atoms with van der Waals surface area (Å²) in [6.45, 7) is 0. The van der Waals surface area contributed by atoms with Gasteiger partial charge in [0.1, 0.15) is 0 Å². The van der Waals surface area contributed by atoms with Crippen LogP contribution in [0.1, 0.15) is 10.4 Å². The zero-order chi connectivity index (χ0) is 14.0. The molecule has 2 rings (SSSR count). The van der Waals surface area contributed by atoms with E-state index in [-0.39, 0.29) is 5.56 Å². The minimum Gasteiger partial charge on any atom is -0.399 e. The Bertz CT molecular complexity index is 644. The van der Waals surface area contributed by atoms with Crippen molar-refractivity contribution in [2.45, 2.75) is 0 Å². The van der Waals surface area contributed by atoms with Crippen molar-refractivity contribution in [3.05, 3.63) is 52.0 Å². The van der Waals surface area contributed by atoms with E-state index in [4.69, 9.17) is 34.7 Å². The van der Waals surface area contributed by atoms with Crippen LogP contribution in [0.15, 0.2) is 36.4 Å². The molecule has 0 unspecified atom stereocenters. The van der Waals surface area contributed by atoms with Crippen molar-refractivity contribution in [3.8, 4) is 0 Å². The molecule has 0 radical (unpaired) electrons. The Kier molecular flexibility index (Phi) is 3.83. The average Bonchev–Trinajstić information content (AvgIpc) is 2.35. The Labute approximate surface area is 120 Å². The number of nitrogen functional groups attached to an aromatic ring is 1. The number of amides is 1. The highest BCUT2D eigenvalue weighted by molar-refractivity contribution is 6.33. The summed E-state index contributed by atoms with van der Waals surface area (Å²) in [5.74, 6) is -0.579. The Morgan fingerprint density at radius 3 is 2.47 bits per heavy atom. The maximum Gasteiger partial charge on any atom is 0.250 e. The number of hydrogen-bond acceptors (Lipinski definition) is 3. The van der Waals surface area contributed by atoms with E-state index in [1.807, 2.05) is 0 Å². The average molecular weight is 296 g/mol. The van der Waals surface area contributed by atoms with E-state index < -0.39 is 5.91 Å². The first-order valence-corrected chi connectivity index (χ1v) is 6.14. The second-order valence-corrected chi connectivity index (χ2v) is 4.76. The van der Waals surface area contributed by atoms with Gasteiger partial charge in [0.2, 0.25) is 0 Å². The van der Waals surface area contributed by atoms with Crippen LogP contribution in [0.3, 0.4) is 0 Å². The molecule has 0 aliphatic heterocycles. The van der Waals surface area contributed by atoms with E-state index in [2.05, 4.69) is 5.32 Å². The summed E-state index contributed by atoms with van der Waals surface area (Å²) in [5, 5.41) is 3.93. The number of primary amides is 1. The Morgan fingerprint density at radius 1 is 1.05 bits per heavy atom. The van der Waals surface area contributed by atoms with Gasteiger partial charge in [-0.25, -0.2) is 0 Å². The van der Waals surface area contributed by atoms with Gasteiger partial charge in [0.05, 0.1) is 22.0 Å². The van der Waals surface area contributed by atoms with Gasteiger partial charge >= 0.3 is 0 Å². The minimum absolute atomic E-state index is 0.283. The van der Waals surface area contributed by atoms with Gasteiger partial charge in [-0.05, 0) is 36.4 Å². The first-order chi connectivity index (χ1) is 8.97. The Hall–Kier alpha value is -1.91. The van der Waals surface area contributed by atoms with Gasteiger partial charge in [0.25, 0.3) is 5.91 Å². The highest BCUT2D eigenvalue weighted by Crippen LogP contribution is 2.30. The molecular formula is C13H11Cl2N3O. The van der Waals surface area contributed by atoms with Crippen LogP contribution in [-0.2, 0) is 0 Å². The summed E-state index contributed by atoms with van der Waals surface area (Å²) >= 11 is 11.9. The fourth-order valence-electron chi connectivity index (χ4n) is 1.61. The van der Waals surface area contributed by atoms with E-state index in [1.54, 1.807) is 30.3 Å². The van der Waals surface area contributed by atoms with Crippen LogP contribution in [0.2, 0.25) is 10.0 Å². The Morgan fingerprint density at radius 2 is 1.79 bits per heavy atom. The minimum atomic E-state index is -0.579. The maximum absolute atomic E-state index is 11.4. The summed E-state index contributed by atoms with van der Waals surface area (Å²) < 4.78 is 0. The third-order valence-electron chi connectivity index (χ3n) is 2.51. The molecule has 0 saturated carbocycles. The number of carbonyl (C=O) groups excluding carboxylic acids is 1. The lowest BCUT2D eigenvalue weighted by atomic mass is 10.1. The van der Waals surface area contributed by atoms with E-state index in [0.29, 0.717) is 27.1 Å². The smallest absolute Gasteiger partial charge is 0.250 e. The lowest BCUT2D eigenvalue weighted by molar-refractivity contribution is 0.100. The second kappa shape index (κ2) is 5.38. The first kappa shape index (κ1) is 13.5. The van der Waals surface area contributed by atoms with Crippen molar-refractivity contribution in [1.29, 1.82) is 0 Å². The van der Waals surface area contributed by atoms with E-state index >= 15 is 0 Å². The van der Waals surface area contributed by atoms with Crippen LogP contribution in [0.25, 0.3) is 0 Å². The summed E-state index contributed by atoms with van der Waals surface area (Å²) in [6, 6.07) is 9.82. The number of benzene rings is 2. The topological polar surface area (TPSA) is 81.1 Å². The molecule has 98 valence electrons. The first-order valence-electron chi connectivity index (χ1n) is 5.39. The molecule has 1 amide bonds. The standard InChI is InChI=1S/C13H11Cl2N3O/c14-7-1-4-11(9(5-7)13(17)19)18-12-6-8(16)2-3-10(12)15/h1-6,18H,16H2,(H2,17,19). The number of halogens is 2. The molecule has 0 spiro atoms. The molecule has 0 heterocycles. The lowest BCUT2D eigenvalue weighted by Gasteiger charge is -2.12. The molecule has 0 aliphatic rings. The Balaban J connectivity index is 2.43. The molecule has 0 atom stereocenters. The molecule has 6 heteroatoms. The molecule has 2 aromatic rings. The molecule has 4 nitrogen and oxygen atoms in total. The van der Waals surface area contributed by atoms with Gasteiger partial charge in [-0.1, -0.05) is 23.2 Å². The molecule has 0 fully saturated rings. The van der Waals surface area contributed by atoms with E-state index in [0.717, 1.165) is 0 Å². The number of nitrogens with one attached hydrogen (secondary N) is 1. The molecule has 0 bridgehead atoms. The zero-order valence-corrected chi connectivity index (χ0v) is 11.3. The fraction of sp³-hybridized carbons (Fsp3) is 0. The normalized spacial score (nSPS) is 10.2. The van der Waals surface area contributed by atoms with Crippen LogP contribution >= 0.6 is 23.2 Å². The van der Waals surface area contributed by atoms with E-state index in [9.17, 15) is 4.79 Å². The summed E-state index contributed by atoms with van der Waals surface area (Å²) in [7, 11) is 0. The van der Waals surface area contributed by atoms with Gasteiger partial charge in [0.15, 0.2) is 0 Å². The monoisotopic (exact) mass is 295 g/mol. The predicted octanol–water partition coefficient (Wildman–Crippen LogP) is 3.42. The molecule has 0 aromatic heterocycles. The third kappa shape index (κ3) is 3.10. The number of anilines is 3. The van der Waals surface area contributed by atoms with Gasteiger partial charge < -0.3 is 16.8 Å². The molecule has 2 aromatic carbocycles. The number of nitrogens with two attached hydrogens (primary N) is 2. The molecule has 0 aliphatic carbocycles. The van der Waals surface area contributed by atoms with Crippen molar-refractivity contribution >= 4 is 46.2 Å². The summed E-state index contributed by atoms with van der Waals surface area (Å²) in [4.78, 5) is 11.4. The van der Waals surface area contributed by atoms with Crippen LogP contribution in [0.5, 0.6) is 0 Å². The van der Waals surface area contributed by atoms with Crippen LogP contribution in [0, 0.1) is 0 Å². The van der Waals surface area contributed by atoms with E-state index in [1.165, 1.54) is 6.07 Å². The maximum atomic E-state index is 11.4. The molecule has 19 heavy (non-hydrogen) atoms. The van der Waals surface area contributed by atoms with Crippen molar-refractivity contribution in [3.63, 3.8) is 0 Å². The summed E-state index contributed by atoms with van der Waals surface area (Å²) in [5.41, 5.74) is 12.9. The van der Waals surface area contributed by atoms with Gasteiger partial charge in [-0.3, -0.25) is 4.79 Å². The van der Waals surface area contributed by atoms with Crippen LogP contribution in [-0.4, -0.2) is 5.91 Å². The second-order valence-electron chi connectivity index (χ2n) is 3.92. The van der Waals surface area contributed by atoms with Gasteiger partial charge in [-0.2, -0.15) is 0 Å². The zero-order valence-electron chi connectivity index (χ0n) is 9.78. The largest absolute Gasteiger partial charge is 0.399 e. The number of hydrogen-bond donors (Lipinski definition) is 3. The van der Waals surface area contributed by atoms with Crippen molar-refractivity contribution in [1.82, 2.24) is 0 Å². The van der Waals surface area contributed by atoms with Crippen molar-refractivity contribution < 1.29 is 4.79 Å². The fourth-order valence-corrected chi connectivity index (χ4v) is 1.95. The van der Waals surface area contributed by atoms with Gasteiger partial charge in [0, 0.05) is 10.7 Å². The molecule has 5 N–H and O–H groups in total. The van der Waals surface area contributed by atoms with Crippen LogP contribution in [0.4, 0.5) is 17.1 Å². The lowest BCUT2D eigenvalue weighted by Crippen LogP contribution is -2.13. The number of carbonyl (C=O) groups is 1. The highest BCUT2D eigenvalue weighted by atomic mass is 35.5. The summed E-state index contributed by atoms with van der Waals surface area (Å²) in [6.07, 6.45) is 0. The molecular weight excluding hydrogens is 285 g/mol.